The molecule has 0 spiro atoms. The van der Waals surface area contributed by atoms with Gasteiger partial charge in [0.25, 0.3) is 5.89 Å². The molecule has 0 aliphatic carbocycles. The fourth-order valence-corrected chi connectivity index (χ4v) is 3.10. The minimum absolute atomic E-state index is 0.261. The lowest BCUT2D eigenvalue weighted by Crippen LogP contribution is -2.29. The van der Waals surface area contributed by atoms with Crippen molar-refractivity contribution in [3.8, 4) is 10.8 Å². The molecule has 1 saturated heterocycles. The van der Waals surface area contributed by atoms with Crippen LogP contribution in [-0.4, -0.2) is 34.2 Å². The molecule has 5 nitrogen and oxygen atoms in total. The third-order valence-electron chi connectivity index (χ3n) is 3.62. The van der Waals surface area contributed by atoms with Crippen molar-refractivity contribution in [2.45, 2.75) is 25.9 Å². The molecule has 0 amide bonds. The zero-order valence-corrected chi connectivity index (χ0v) is 11.8. The molecule has 102 valence electrons. The number of rotatable bonds is 4. The highest BCUT2D eigenvalue weighted by Gasteiger charge is 2.26. The van der Waals surface area contributed by atoms with Crippen molar-refractivity contribution in [1.29, 1.82) is 0 Å². The van der Waals surface area contributed by atoms with E-state index in [0.717, 1.165) is 36.8 Å². The minimum Gasteiger partial charge on any atom is -0.333 e. The fourth-order valence-electron chi connectivity index (χ4n) is 2.45. The number of likely N-dealkylation sites (tertiary alicyclic amines) is 1. The molecular formula is C13H18N4OS. The zero-order chi connectivity index (χ0) is 13.2. The predicted octanol–water partition coefficient (Wildman–Crippen LogP) is 1.97. The van der Waals surface area contributed by atoms with Crippen LogP contribution >= 0.6 is 11.3 Å². The lowest BCUT2D eigenvalue weighted by molar-refractivity contribution is 0.294. The summed E-state index contributed by atoms with van der Waals surface area (Å²) in [4.78, 5) is 7.81. The quantitative estimate of drug-likeness (QED) is 0.926. The molecular weight excluding hydrogens is 260 g/mol. The number of hydrogen-bond donors (Lipinski definition) is 1. The van der Waals surface area contributed by atoms with E-state index in [1.165, 1.54) is 0 Å². The number of nitrogens with zero attached hydrogens (tertiary/aromatic N) is 3. The molecule has 1 aliphatic heterocycles. The van der Waals surface area contributed by atoms with Crippen molar-refractivity contribution < 1.29 is 4.52 Å². The van der Waals surface area contributed by atoms with Gasteiger partial charge in [-0.25, -0.2) is 0 Å². The molecule has 2 aromatic heterocycles. The maximum absolute atomic E-state index is 5.95. The number of thiophene rings is 1. The predicted molar refractivity (Wildman–Crippen MR) is 74.6 cm³/mol. The van der Waals surface area contributed by atoms with Crippen LogP contribution in [0.2, 0.25) is 0 Å². The summed E-state index contributed by atoms with van der Waals surface area (Å²) in [5, 5.41) is 6.06. The maximum Gasteiger partial charge on any atom is 0.268 e. The first kappa shape index (κ1) is 12.8. The van der Waals surface area contributed by atoms with Crippen LogP contribution in [0.15, 0.2) is 22.0 Å². The third-order valence-corrected chi connectivity index (χ3v) is 4.48. The van der Waals surface area contributed by atoms with E-state index < -0.39 is 0 Å². The van der Waals surface area contributed by atoms with Gasteiger partial charge in [0, 0.05) is 12.6 Å². The monoisotopic (exact) mass is 278 g/mol. The third kappa shape index (κ3) is 2.86. The van der Waals surface area contributed by atoms with Gasteiger partial charge in [0.2, 0.25) is 0 Å². The minimum atomic E-state index is 0.261. The number of nitrogens with two attached hydrogens (primary N) is 1. The molecule has 2 unspecified atom stereocenters. The highest BCUT2D eigenvalue weighted by molar-refractivity contribution is 7.13. The van der Waals surface area contributed by atoms with Crippen molar-refractivity contribution >= 4 is 11.3 Å². The van der Waals surface area contributed by atoms with Crippen molar-refractivity contribution in [1.82, 2.24) is 15.0 Å². The Labute approximate surface area is 116 Å². The van der Waals surface area contributed by atoms with Crippen LogP contribution in [0.3, 0.4) is 0 Å². The van der Waals surface area contributed by atoms with Crippen LogP contribution in [0.4, 0.5) is 0 Å². The summed E-state index contributed by atoms with van der Waals surface area (Å²) in [5.41, 5.74) is 5.95. The van der Waals surface area contributed by atoms with Crippen LogP contribution < -0.4 is 5.73 Å². The van der Waals surface area contributed by atoms with Gasteiger partial charge >= 0.3 is 0 Å². The number of hydrogen-bond acceptors (Lipinski definition) is 6. The lowest BCUT2D eigenvalue weighted by atomic mass is 10.0. The zero-order valence-electron chi connectivity index (χ0n) is 11.0. The van der Waals surface area contributed by atoms with E-state index in [1.54, 1.807) is 11.3 Å². The average molecular weight is 278 g/mol. The van der Waals surface area contributed by atoms with Crippen LogP contribution in [0.5, 0.6) is 0 Å². The van der Waals surface area contributed by atoms with E-state index in [9.17, 15) is 0 Å². The molecule has 2 atom stereocenters. The van der Waals surface area contributed by atoms with Gasteiger partial charge in [-0.1, -0.05) is 11.2 Å². The number of aromatic nitrogens is 2. The van der Waals surface area contributed by atoms with E-state index in [0.29, 0.717) is 11.8 Å². The Kier molecular flexibility index (Phi) is 3.63. The topological polar surface area (TPSA) is 68.2 Å². The molecule has 1 aliphatic rings. The summed E-state index contributed by atoms with van der Waals surface area (Å²) < 4.78 is 5.29. The Morgan fingerprint density at radius 2 is 2.53 bits per heavy atom. The van der Waals surface area contributed by atoms with E-state index in [2.05, 4.69) is 22.0 Å². The largest absolute Gasteiger partial charge is 0.333 e. The standard InChI is InChI=1S/C13H18N4OS/c1-9(14)10-4-5-17(7-10)8-12-15-13(18-16-12)11-3-2-6-19-11/h2-3,6,9-10H,4-5,7-8,14H2,1H3. The molecule has 3 heterocycles. The maximum atomic E-state index is 5.95. The van der Waals surface area contributed by atoms with Crippen LogP contribution in [0.25, 0.3) is 10.8 Å². The SMILES string of the molecule is CC(N)C1CCN(Cc2noc(-c3cccs3)n2)C1. The Hall–Kier alpha value is -1.24. The molecule has 3 rings (SSSR count). The Morgan fingerprint density at radius 1 is 1.63 bits per heavy atom. The van der Waals surface area contributed by atoms with Gasteiger partial charge in [-0.15, -0.1) is 11.3 Å². The summed E-state index contributed by atoms with van der Waals surface area (Å²) in [7, 11) is 0. The summed E-state index contributed by atoms with van der Waals surface area (Å²) >= 11 is 1.61. The fraction of sp³-hybridized carbons (Fsp3) is 0.538. The normalized spacial score (nSPS) is 21.9. The summed E-state index contributed by atoms with van der Waals surface area (Å²) in [6, 6.07) is 4.23. The second kappa shape index (κ2) is 5.40. The first-order valence-electron chi connectivity index (χ1n) is 6.57. The van der Waals surface area contributed by atoms with Crippen molar-refractivity contribution in [3.63, 3.8) is 0 Å². The Bertz CT molecular complexity index is 522. The smallest absolute Gasteiger partial charge is 0.268 e. The second-order valence-electron chi connectivity index (χ2n) is 5.14. The lowest BCUT2D eigenvalue weighted by Gasteiger charge is -2.15. The Morgan fingerprint density at radius 3 is 3.21 bits per heavy atom. The van der Waals surface area contributed by atoms with E-state index >= 15 is 0 Å². The first-order valence-corrected chi connectivity index (χ1v) is 7.45. The molecule has 19 heavy (non-hydrogen) atoms. The highest BCUT2D eigenvalue weighted by atomic mass is 32.1. The average Bonchev–Trinajstić information content (AvgIpc) is 3.09. The van der Waals surface area contributed by atoms with Crippen molar-refractivity contribution in [2.75, 3.05) is 13.1 Å². The van der Waals surface area contributed by atoms with E-state index in [4.69, 9.17) is 10.3 Å². The van der Waals surface area contributed by atoms with Gasteiger partial charge in [-0.2, -0.15) is 4.98 Å². The molecule has 1 fully saturated rings. The highest BCUT2D eigenvalue weighted by Crippen LogP contribution is 2.24. The van der Waals surface area contributed by atoms with Crippen LogP contribution in [0.1, 0.15) is 19.2 Å². The second-order valence-corrected chi connectivity index (χ2v) is 6.08. The summed E-state index contributed by atoms with van der Waals surface area (Å²) in [5.74, 6) is 1.96. The molecule has 2 aromatic rings. The van der Waals surface area contributed by atoms with Crippen molar-refractivity contribution in [2.24, 2.45) is 11.7 Å². The van der Waals surface area contributed by atoms with Crippen LogP contribution in [0, 0.1) is 5.92 Å². The first-order chi connectivity index (χ1) is 9.22. The van der Waals surface area contributed by atoms with Crippen LogP contribution in [-0.2, 0) is 6.54 Å². The van der Waals surface area contributed by atoms with Gasteiger partial charge in [-0.05, 0) is 37.3 Å². The van der Waals surface area contributed by atoms with Gasteiger partial charge in [0.15, 0.2) is 5.82 Å². The molecule has 0 aromatic carbocycles. The molecule has 0 bridgehead atoms. The molecule has 0 saturated carbocycles. The molecule has 0 radical (unpaired) electrons. The molecule has 6 heteroatoms. The van der Waals surface area contributed by atoms with Gasteiger partial charge < -0.3 is 10.3 Å². The van der Waals surface area contributed by atoms with E-state index in [-0.39, 0.29) is 6.04 Å². The van der Waals surface area contributed by atoms with Gasteiger partial charge in [0.1, 0.15) is 0 Å². The van der Waals surface area contributed by atoms with E-state index in [1.807, 2.05) is 17.5 Å². The Balaban J connectivity index is 1.62. The van der Waals surface area contributed by atoms with Gasteiger partial charge in [0.05, 0.1) is 11.4 Å². The van der Waals surface area contributed by atoms with Crippen molar-refractivity contribution in [3.05, 3.63) is 23.3 Å². The molecule has 2 N–H and O–H groups in total. The summed E-state index contributed by atoms with van der Waals surface area (Å²) in [6.07, 6.45) is 1.16. The van der Waals surface area contributed by atoms with Gasteiger partial charge in [-0.3, -0.25) is 4.90 Å². The summed E-state index contributed by atoms with van der Waals surface area (Å²) in [6.45, 7) is 4.92.